The summed E-state index contributed by atoms with van der Waals surface area (Å²) in [6, 6.07) is 16.1. The highest BCUT2D eigenvalue weighted by Crippen LogP contribution is 2.31. The minimum Gasteiger partial charge on any atom is -0.493 e. The summed E-state index contributed by atoms with van der Waals surface area (Å²) in [5, 5.41) is 4.92. The van der Waals surface area contributed by atoms with E-state index in [-0.39, 0.29) is 11.6 Å². The third-order valence-electron chi connectivity index (χ3n) is 5.57. The number of thiocarbonyl (C=S) groups is 1. The fourth-order valence-corrected chi connectivity index (χ4v) is 3.82. The number of hydrogen-bond acceptors (Lipinski definition) is 4. The molecule has 0 spiro atoms. The molecule has 170 valence electrons. The van der Waals surface area contributed by atoms with E-state index in [0.29, 0.717) is 40.8 Å². The van der Waals surface area contributed by atoms with E-state index in [1.54, 1.807) is 20.3 Å². The predicted molar refractivity (Wildman–Crippen MR) is 134 cm³/mol. The zero-order valence-corrected chi connectivity index (χ0v) is 19.9. The van der Waals surface area contributed by atoms with Crippen LogP contribution in [-0.2, 0) is 13.0 Å². The molecule has 0 amide bonds. The average molecular weight is 454 g/mol. The van der Waals surface area contributed by atoms with E-state index in [1.807, 2.05) is 30.3 Å². The lowest BCUT2D eigenvalue weighted by atomic mass is 10.1. The van der Waals surface area contributed by atoms with E-state index in [4.69, 9.17) is 21.7 Å². The van der Waals surface area contributed by atoms with Crippen molar-refractivity contribution in [3.8, 4) is 11.5 Å². The predicted octanol–water partition coefficient (Wildman–Crippen LogP) is 4.26. The van der Waals surface area contributed by atoms with Crippen LogP contribution in [0.1, 0.15) is 31.4 Å². The second kappa shape index (κ2) is 11.0. The van der Waals surface area contributed by atoms with E-state index in [0.717, 1.165) is 18.2 Å². The van der Waals surface area contributed by atoms with Crippen LogP contribution in [0.25, 0.3) is 10.9 Å². The van der Waals surface area contributed by atoms with Gasteiger partial charge in [-0.3, -0.25) is 4.79 Å². The van der Waals surface area contributed by atoms with Crippen molar-refractivity contribution in [1.29, 1.82) is 0 Å². The largest absolute Gasteiger partial charge is 0.493 e. The first-order valence-electron chi connectivity index (χ1n) is 10.8. The van der Waals surface area contributed by atoms with E-state index >= 15 is 0 Å². The molecule has 0 unspecified atom stereocenters. The molecule has 0 aliphatic carbocycles. The van der Waals surface area contributed by atoms with E-state index in [1.165, 1.54) is 5.56 Å². The number of aromatic amines is 1. The molecule has 0 aliphatic rings. The van der Waals surface area contributed by atoms with Gasteiger partial charge in [0.05, 0.1) is 26.3 Å². The number of H-pyrrole nitrogens is 1. The molecule has 3 rings (SSSR count). The molecule has 1 aromatic heterocycles. The maximum atomic E-state index is 12.9. The molecule has 7 heteroatoms. The third kappa shape index (κ3) is 5.79. The van der Waals surface area contributed by atoms with Crippen LogP contribution < -0.4 is 20.3 Å². The van der Waals surface area contributed by atoms with Crippen LogP contribution in [0, 0.1) is 0 Å². The molecule has 0 saturated carbocycles. The number of benzene rings is 2. The molecule has 0 bridgehead atoms. The third-order valence-corrected chi connectivity index (χ3v) is 5.95. The molecule has 6 nitrogen and oxygen atoms in total. The van der Waals surface area contributed by atoms with Crippen molar-refractivity contribution in [2.75, 3.05) is 20.8 Å². The minimum absolute atomic E-state index is 0.138. The number of rotatable bonds is 9. The van der Waals surface area contributed by atoms with Gasteiger partial charge in [-0.15, -0.1) is 0 Å². The molecule has 1 atom stereocenters. The van der Waals surface area contributed by atoms with Gasteiger partial charge in [-0.2, -0.15) is 0 Å². The second-order valence-corrected chi connectivity index (χ2v) is 8.22. The summed E-state index contributed by atoms with van der Waals surface area (Å²) >= 11 is 5.71. The van der Waals surface area contributed by atoms with Crippen LogP contribution in [0.2, 0.25) is 0 Å². The summed E-state index contributed by atoms with van der Waals surface area (Å²) in [6.07, 6.45) is 1.80. The zero-order valence-electron chi connectivity index (χ0n) is 19.1. The maximum Gasteiger partial charge on any atom is 0.253 e. The Morgan fingerprint density at radius 3 is 2.47 bits per heavy atom. The van der Waals surface area contributed by atoms with Crippen molar-refractivity contribution in [3.63, 3.8) is 0 Å². The number of aromatic nitrogens is 1. The van der Waals surface area contributed by atoms with Gasteiger partial charge in [0.1, 0.15) is 0 Å². The highest BCUT2D eigenvalue weighted by Gasteiger charge is 2.16. The first kappa shape index (κ1) is 23.6. The monoisotopic (exact) mass is 453 g/mol. The van der Waals surface area contributed by atoms with Gasteiger partial charge in [0, 0.05) is 29.6 Å². The molecule has 2 N–H and O–H groups in total. The Morgan fingerprint density at radius 1 is 1.12 bits per heavy atom. The highest BCUT2D eigenvalue weighted by atomic mass is 32.1. The first-order valence-corrected chi connectivity index (χ1v) is 11.2. The van der Waals surface area contributed by atoms with Crippen molar-refractivity contribution in [1.82, 2.24) is 15.2 Å². The van der Waals surface area contributed by atoms with Crippen LogP contribution in [0.3, 0.4) is 0 Å². The summed E-state index contributed by atoms with van der Waals surface area (Å²) < 4.78 is 10.8. The van der Waals surface area contributed by atoms with Crippen molar-refractivity contribution >= 4 is 28.2 Å². The quantitative estimate of drug-likeness (QED) is 0.472. The molecule has 3 aromatic rings. The van der Waals surface area contributed by atoms with Crippen LogP contribution in [-0.4, -0.2) is 41.8 Å². The Labute approximate surface area is 194 Å². The fraction of sp³-hybridized carbons (Fsp3) is 0.360. The summed E-state index contributed by atoms with van der Waals surface area (Å²) in [6.45, 7) is 5.33. The van der Waals surface area contributed by atoms with Gasteiger partial charge in [-0.25, -0.2) is 0 Å². The number of methoxy groups -OCH3 is 2. The van der Waals surface area contributed by atoms with Gasteiger partial charge < -0.3 is 24.7 Å². The Morgan fingerprint density at radius 2 is 1.81 bits per heavy atom. The standard InChI is InChI=1S/C25H31N3O3S/c1-5-17(2)26-25(32)28(12-11-18-9-7-6-8-10-18)16-20-13-19-14-22(30-3)23(31-4)15-21(19)27-24(20)29/h6-10,13-15,17H,5,11-12,16H2,1-4H3,(H,26,32)(H,27,29)/t17-/m0/s1. The average Bonchev–Trinajstić information content (AvgIpc) is 2.81. The van der Waals surface area contributed by atoms with Gasteiger partial charge in [0.15, 0.2) is 16.6 Å². The van der Waals surface area contributed by atoms with Crippen molar-refractivity contribution in [3.05, 3.63) is 70.0 Å². The van der Waals surface area contributed by atoms with Gasteiger partial charge in [-0.1, -0.05) is 37.3 Å². The number of nitrogens with zero attached hydrogens (tertiary/aromatic N) is 1. The van der Waals surface area contributed by atoms with E-state index in [9.17, 15) is 4.79 Å². The topological polar surface area (TPSA) is 66.6 Å². The van der Waals surface area contributed by atoms with Crippen molar-refractivity contribution in [2.45, 2.75) is 39.3 Å². The number of pyridine rings is 1. The molecule has 0 saturated heterocycles. The SMILES string of the molecule is CC[C@H](C)NC(=S)N(CCc1ccccc1)Cc1cc2cc(OC)c(OC)cc2[nH]c1=O. The van der Waals surface area contributed by atoms with Crippen LogP contribution in [0.4, 0.5) is 0 Å². The van der Waals surface area contributed by atoms with Crippen LogP contribution in [0.5, 0.6) is 11.5 Å². The lowest BCUT2D eigenvalue weighted by Gasteiger charge is -2.28. The van der Waals surface area contributed by atoms with Crippen LogP contribution in [0.15, 0.2) is 53.3 Å². The number of nitrogens with one attached hydrogen (secondary N) is 2. The highest BCUT2D eigenvalue weighted by molar-refractivity contribution is 7.80. The Hall–Kier alpha value is -3.06. The molecule has 2 aromatic carbocycles. The number of fused-ring (bicyclic) bond motifs is 1. The van der Waals surface area contributed by atoms with Gasteiger partial charge in [0.25, 0.3) is 5.56 Å². The molecular formula is C25H31N3O3S. The molecule has 0 aliphatic heterocycles. The fourth-order valence-electron chi connectivity index (χ4n) is 3.47. The lowest BCUT2D eigenvalue weighted by Crippen LogP contribution is -2.44. The zero-order chi connectivity index (χ0) is 23.1. The molecule has 0 radical (unpaired) electrons. The number of ether oxygens (including phenoxy) is 2. The smallest absolute Gasteiger partial charge is 0.253 e. The molecule has 1 heterocycles. The molecular weight excluding hydrogens is 422 g/mol. The Balaban J connectivity index is 1.90. The Kier molecular flexibility index (Phi) is 8.11. The van der Waals surface area contributed by atoms with E-state index < -0.39 is 0 Å². The normalized spacial score (nSPS) is 11.8. The summed E-state index contributed by atoms with van der Waals surface area (Å²) in [7, 11) is 3.17. The van der Waals surface area contributed by atoms with E-state index in [2.05, 4.69) is 41.2 Å². The molecule has 32 heavy (non-hydrogen) atoms. The molecule has 0 fully saturated rings. The van der Waals surface area contributed by atoms with Gasteiger partial charge in [-0.05, 0) is 49.7 Å². The number of hydrogen-bond donors (Lipinski definition) is 2. The van der Waals surface area contributed by atoms with Gasteiger partial charge >= 0.3 is 0 Å². The van der Waals surface area contributed by atoms with Crippen molar-refractivity contribution in [2.24, 2.45) is 0 Å². The summed E-state index contributed by atoms with van der Waals surface area (Å²) in [5.74, 6) is 1.19. The summed E-state index contributed by atoms with van der Waals surface area (Å²) in [5.41, 5.74) is 2.44. The van der Waals surface area contributed by atoms with Gasteiger partial charge in [0.2, 0.25) is 0 Å². The minimum atomic E-state index is -0.138. The lowest BCUT2D eigenvalue weighted by molar-refractivity contribution is 0.355. The second-order valence-electron chi connectivity index (χ2n) is 7.83. The van der Waals surface area contributed by atoms with Crippen LogP contribution >= 0.6 is 12.2 Å². The maximum absolute atomic E-state index is 12.9. The Bertz CT molecular complexity index is 1110. The summed E-state index contributed by atoms with van der Waals surface area (Å²) in [4.78, 5) is 17.9. The first-order chi connectivity index (χ1) is 15.4. The van der Waals surface area contributed by atoms with Crippen molar-refractivity contribution < 1.29 is 9.47 Å².